The summed E-state index contributed by atoms with van der Waals surface area (Å²) in [6, 6.07) is 12.7. The van der Waals surface area contributed by atoms with E-state index >= 15 is 0 Å². The van der Waals surface area contributed by atoms with Crippen molar-refractivity contribution in [2.45, 2.75) is 18.9 Å². The molecular formula is C17H17FN2O3. The van der Waals surface area contributed by atoms with Crippen molar-refractivity contribution in [1.29, 1.82) is 0 Å². The summed E-state index contributed by atoms with van der Waals surface area (Å²) in [6.45, 7) is 1.65. The Labute approximate surface area is 133 Å². The van der Waals surface area contributed by atoms with Crippen LogP contribution in [0.1, 0.15) is 12.8 Å². The Morgan fingerprint density at radius 3 is 2.22 bits per heavy atom. The first-order chi connectivity index (χ1) is 11.1. The third-order valence-corrected chi connectivity index (χ3v) is 3.98. The predicted octanol–water partition coefficient (Wildman–Crippen LogP) is 3.78. The molecule has 5 nitrogen and oxygen atoms in total. The second-order valence-corrected chi connectivity index (χ2v) is 5.53. The number of non-ortho nitro benzene ring substituents is 1. The molecule has 0 amide bonds. The van der Waals surface area contributed by atoms with Gasteiger partial charge in [0.1, 0.15) is 17.7 Å². The largest absolute Gasteiger partial charge is 0.490 e. The highest BCUT2D eigenvalue weighted by Crippen LogP contribution is 2.25. The first-order valence-corrected chi connectivity index (χ1v) is 7.53. The van der Waals surface area contributed by atoms with Crippen LogP contribution in [-0.2, 0) is 0 Å². The summed E-state index contributed by atoms with van der Waals surface area (Å²) in [5.41, 5.74) is 1.08. The van der Waals surface area contributed by atoms with Gasteiger partial charge in [-0.25, -0.2) is 4.39 Å². The zero-order valence-electron chi connectivity index (χ0n) is 12.5. The van der Waals surface area contributed by atoms with Gasteiger partial charge in [0, 0.05) is 43.8 Å². The Morgan fingerprint density at radius 2 is 1.65 bits per heavy atom. The minimum Gasteiger partial charge on any atom is -0.490 e. The molecule has 2 aromatic rings. The minimum absolute atomic E-state index is 0.100. The summed E-state index contributed by atoms with van der Waals surface area (Å²) in [6.07, 6.45) is 1.82. The molecule has 0 atom stereocenters. The molecule has 0 bridgehead atoms. The minimum atomic E-state index is -0.396. The number of nitrogens with zero attached hydrogens (tertiary/aromatic N) is 2. The molecule has 2 aromatic carbocycles. The normalized spacial score (nSPS) is 15.4. The van der Waals surface area contributed by atoms with E-state index in [0.717, 1.165) is 31.6 Å². The number of piperidine rings is 1. The summed E-state index contributed by atoms with van der Waals surface area (Å²) in [4.78, 5) is 12.5. The fraction of sp³-hybridized carbons (Fsp3) is 0.294. The third kappa shape index (κ3) is 3.77. The van der Waals surface area contributed by atoms with E-state index in [2.05, 4.69) is 4.90 Å². The van der Waals surface area contributed by atoms with Crippen molar-refractivity contribution in [2.75, 3.05) is 18.0 Å². The molecule has 0 aliphatic carbocycles. The molecule has 0 spiro atoms. The molecule has 1 heterocycles. The molecule has 1 fully saturated rings. The number of hydrogen-bond acceptors (Lipinski definition) is 4. The van der Waals surface area contributed by atoms with Crippen LogP contribution >= 0.6 is 0 Å². The van der Waals surface area contributed by atoms with E-state index in [1.54, 1.807) is 24.3 Å². The number of benzene rings is 2. The monoisotopic (exact) mass is 316 g/mol. The molecule has 0 unspecified atom stereocenters. The molecule has 23 heavy (non-hydrogen) atoms. The fourth-order valence-electron chi connectivity index (χ4n) is 2.72. The average molecular weight is 316 g/mol. The maximum atomic E-state index is 12.9. The number of ether oxygens (including phenoxy) is 1. The maximum Gasteiger partial charge on any atom is 0.269 e. The Morgan fingerprint density at radius 1 is 1.04 bits per heavy atom. The van der Waals surface area contributed by atoms with Crippen molar-refractivity contribution in [1.82, 2.24) is 0 Å². The molecule has 1 saturated heterocycles. The highest BCUT2D eigenvalue weighted by Gasteiger charge is 2.21. The van der Waals surface area contributed by atoms with Crippen LogP contribution in [0.2, 0.25) is 0 Å². The predicted molar refractivity (Wildman–Crippen MR) is 85.4 cm³/mol. The van der Waals surface area contributed by atoms with Gasteiger partial charge in [-0.2, -0.15) is 0 Å². The van der Waals surface area contributed by atoms with E-state index in [9.17, 15) is 14.5 Å². The van der Waals surface area contributed by atoms with Crippen LogP contribution in [-0.4, -0.2) is 24.1 Å². The number of halogens is 1. The molecule has 3 rings (SSSR count). The lowest BCUT2D eigenvalue weighted by atomic mass is 10.1. The van der Waals surface area contributed by atoms with Crippen LogP contribution in [0.25, 0.3) is 0 Å². The summed E-state index contributed by atoms with van der Waals surface area (Å²) >= 11 is 0. The van der Waals surface area contributed by atoms with Crippen molar-refractivity contribution in [2.24, 2.45) is 0 Å². The van der Waals surface area contributed by atoms with Crippen molar-refractivity contribution in [3.05, 3.63) is 64.5 Å². The van der Waals surface area contributed by atoms with Gasteiger partial charge >= 0.3 is 0 Å². The van der Waals surface area contributed by atoms with Gasteiger partial charge in [-0.1, -0.05) is 0 Å². The van der Waals surface area contributed by atoms with Crippen molar-refractivity contribution in [3.63, 3.8) is 0 Å². The Kier molecular flexibility index (Phi) is 4.41. The quantitative estimate of drug-likeness (QED) is 0.636. The zero-order chi connectivity index (χ0) is 16.2. The first-order valence-electron chi connectivity index (χ1n) is 7.53. The van der Waals surface area contributed by atoms with E-state index in [1.807, 2.05) is 0 Å². The van der Waals surface area contributed by atoms with Crippen LogP contribution in [0.3, 0.4) is 0 Å². The number of rotatable bonds is 4. The second kappa shape index (κ2) is 6.64. The highest BCUT2D eigenvalue weighted by molar-refractivity contribution is 5.51. The second-order valence-electron chi connectivity index (χ2n) is 5.53. The molecule has 0 saturated carbocycles. The van der Waals surface area contributed by atoms with Gasteiger partial charge in [0.2, 0.25) is 0 Å². The first kappa shape index (κ1) is 15.3. The molecular weight excluding hydrogens is 299 g/mol. The highest BCUT2D eigenvalue weighted by atomic mass is 19.1. The van der Waals surface area contributed by atoms with Gasteiger partial charge in [0.05, 0.1) is 4.92 Å². The Bertz CT molecular complexity index is 665. The molecule has 120 valence electrons. The fourth-order valence-corrected chi connectivity index (χ4v) is 2.72. The lowest BCUT2D eigenvalue weighted by Crippen LogP contribution is -2.38. The van der Waals surface area contributed by atoms with E-state index in [1.165, 1.54) is 24.3 Å². The van der Waals surface area contributed by atoms with E-state index in [0.29, 0.717) is 5.75 Å². The topological polar surface area (TPSA) is 55.6 Å². The van der Waals surface area contributed by atoms with E-state index in [4.69, 9.17) is 4.74 Å². The van der Waals surface area contributed by atoms with Gasteiger partial charge in [-0.3, -0.25) is 10.1 Å². The van der Waals surface area contributed by atoms with Crippen LogP contribution < -0.4 is 9.64 Å². The number of anilines is 1. The van der Waals surface area contributed by atoms with E-state index in [-0.39, 0.29) is 17.6 Å². The third-order valence-electron chi connectivity index (χ3n) is 3.98. The molecule has 1 aliphatic heterocycles. The number of nitro benzene ring substituents is 1. The van der Waals surface area contributed by atoms with Gasteiger partial charge in [-0.05, 0) is 36.4 Å². The molecule has 0 radical (unpaired) electrons. The Hall–Kier alpha value is -2.63. The van der Waals surface area contributed by atoms with E-state index < -0.39 is 4.92 Å². The van der Waals surface area contributed by atoms with Gasteiger partial charge in [-0.15, -0.1) is 0 Å². The summed E-state index contributed by atoms with van der Waals surface area (Å²) in [7, 11) is 0. The lowest BCUT2D eigenvalue weighted by Gasteiger charge is -2.33. The van der Waals surface area contributed by atoms with Gasteiger partial charge in [0.25, 0.3) is 5.69 Å². The molecule has 6 heteroatoms. The van der Waals surface area contributed by atoms with Crippen LogP contribution in [0.4, 0.5) is 15.8 Å². The average Bonchev–Trinajstić information content (AvgIpc) is 2.58. The number of nitro groups is 1. The van der Waals surface area contributed by atoms with Crippen LogP contribution in [0.5, 0.6) is 5.75 Å². The SMILES string of the molecule is O=[N+]([O-])c1ccc(N2CCC(Oc3ccc(F)cc3)CC2)cc1. The van der Waals surface area contributed by atoms with Crippen molar-refractivity contribution in [3.8, 4) is 5.75 Å². The summed E-state index contributed by atoms with van der Waals surface area (Å²) < 4.78 is 18.7. The van der Waals surface area contributed by atoms with Gasteiger partial charge in [0.15, 0.2) is 0 Å². The zero-order valence-corrected chi connectivity index (χ0v) is 12.5. The summed E-state index contributed by atoms with van der Waals surface area (Å²) in [5.74, 6) is 0.408. The summed E-state index contributed by atoms with van der Waals surface area (Å²) in [5, 5.41) is 10.7. The smallest absolute Gasteiger partial charge is 0.269 e. The Balaban J connectivity index is 1.55. The molecule has 1 aliphatic rings. The number of hydrogen-bond donors (Lipinski definition) is 0. The van der Waals surface area contributed by atoms with Crippen molar-refractivity contribution >= 4 is 11.4 Å². The van der Waals surface area contributed by atoms with Crippen LogP contribution in [0, 0.1) is 15.9 Å². The molecule has 0 N–H and O–H groups in total. The maximum absolute atomic E-state index is 12.9. The van der Waals surface area contributed by atoms with Crippen molar-refractivity contribution < 1.29 is 14.1 Å². The standard InChI is InChI=1S/C17H17FN2O3/c18-13-1-7-16(8-2-13)23-17-9-11-19(12-10-17)14-3-5-15(6-4-14)20(21)22/h1-8,17H,9-12H2. The van der Waals surface area contributed by atoms with Crippen LogP contribution in [0.15, 0.2) is 48.5 Å². The molecule has 0 aromatic heterocycles. The van der Waals surface area contributed by atoms with Gasteiger partial charge < -0.3 is 9.64 Å². The lowest BCUT2D eigenvalue weighted by molar-refractivity contribution is -0.384.